The van der Waals surface area contributed by atoms with Gasteiger partial charge in [-0.25, -0.2) is 14.6 Å². The molecule has 0 aliphatic rings. The van der Waals surface area contributed by atoms with Crippen LogP contribution in [-0.2, 0) is 0 Å². The van der Waals surface area contributed by atoms with Gasteiger partial charge in [-0.2, -0.15) is 5.10 Å². The lowest BCUT2D eigenvalue weighted by atomic mass is 10.3. The predicted octanol–water partition coefficient (Wildman–Crippen LogP) is 2.83. The molecule has 0 bridgehead atoms. The van der Waals surface area contributed by atoms with E-state index in [1.54, 1.807) is 18.2 Å². The lowest BCUT2D eigenvalue weighted by Gasteiger charge is -2.07. The van der Waals surface area contributed by atoms with Crippen LogP contribution in [0.5, 0.6) is 5.88 Å². The molecule has 0 saturated carbocycles. The molecule has 0 aliphatic heterocycles. The summed E-state index contributed by atoms with van der Waals surface area (Å²) in [6, 6.07) is 5.15. The van der Waals surface area contributed by atoms with Crippen LogP contribution in [-0.4, -0.2) is 24.9 Å². The van der Waals surface area contributed by atoms with Crippen molar-refractivity contribution in [1.82, 2.24) is 19.7 Å². The lowest BCUT2D eigenvalue weighted by Crippen LogP contribution is -1.99. The predicted molar refractivity (Wildman–Crippen MR) is 68.3 cm³/mol. The smallest absolute Gasteiger partial charge is 0.225 e. The summed E-state index contributed by atoms with van der Waals surface area (Å²) in [6.45, 7) is 0. The molecule has 0 aliphatic carbocycles. The van der Waals surface area contributed by atoms with E-state index in [1.807, 2.05) is 0 Å². The van der Waals surface area contributed by atoms with Crippen LogP contribution in [0.15, 0.2) is 30.7 Å². The van der Waals surface area contributed by atoms with E-state index in [2.05, 4.69) is 15.1 Å². The molecule has 2 heterocycles. The highest BCUT2D eigenvalue weighted by Gasteiger charge is 2.14. The van der Waals surface area contributed by atoms with Crippen molar-refractivity contribution in [3.05, 3.63) is 40.8 Å². The summed E-state index contributed by atoms with van der Waals surface area (Å²) >= 11 is 12.2. The molecule has 2 aromatic heterocycles. The summed E-state index contributed by atoms with van der Waals surface area (Å²) in [4.78, 5) is 7.76. The minimum atomic E-state index is -0.130. The average molecular weight is 281 g/mol. The summed E-state index contributed by atoms with van der Waals surface area (Å²) < 4.78 is 1.47. The van der Waals surface area contributed by atoms with Crippen LogP contribution in [0.4, 0.5) is 0 Å². The Morgan fingerprint density at radius 2 is 1.83 bits per heavy atom. The molecule has 0 unspecified atom stereocenters. The fourth-order valence-electron chi connectivity index (χ4n) is 1.69. The molecule has 5 nitrogen and oxygen atoms in total. The Morgan fingerprint density at radius 3 is 2.56 bits per heavy atom. The Labute approximate surface area is 112 Å². The summed E-state index contributed by atoms with van der Waals surface area (Å²) in [7, 11) is 0. The molecular weight excluding hydrogens is 275 g/mol. The number of para-hydroxylation sites is 1. The second kappa shape index (κ2) is 4.12. The zero-order valence-electron chi connectivity index (χ0n) is 8.88. The number of hydrogen-bond acceptors (Lipinski definition) is 4. The fraction of sp³-hybridized carbons (Fsp3) is 0. The van der Waals surface area contributed by atoms with E-state index in [0.717, 1.165) is 0 Å². The van der Waals surface area contributed by atoms with Crippen LogP contribution in [0.2, 0.25) is 10.0 Å². The Hall–Kier alpha value is -1.85. The summed E-state index contributed by atoms with van der Waals surface area (Å²) in [5.74, 6) is -0.130. The van der Waals surface area contributed by atoms with Crippen molar-refractivity contribution in [1.29, 1.82) is 0 Å². The topological polar surface area (TPSA) is 63.8 Å². The number of nitrogens with zero attached hydrogens (tertiary/aromatic N) is 4. The molecule has 0 fully saturated rings. The molecule has 1 N–H and O–H groups in total. The zero-order valence-corrected chi connectivity index (χ0v) is 10.4. The van der Waals surface area contributed by atoms with Crippen molar-refractivity contribution in [3.8, 4) is 11.6 Å². The standard InChI is InChI=1S/C11H6Cl2N4O/c12-7-2-1-3-8(13)9(7)17-10-6(4-16-17)11(18)15-5-14-10/h1-5H,(H,14,15,18). The summed E-state index contributed by atoms with van der Waals surface area (Å²) in [5.41, 5.74) is 0.964. The number of rotatable bonds is 1. The van der Waals surface area contributed by atoms with Gasteiger partial charge < -0.3 is 5.11 Å². The van der Waals surface area contributed by atoms with E-state index in [4.69, 9.17) is 23.2 Å². The second-order valence-corrected chi connectivity index (χ2v) is 4.38. The minimum absolute atomic E-state index is 0.130. The first-order valence-electron chi connectivity index (χ1n) is 5.00. The van der Waals surface area contributed by atoms with Crippen LogP contribution in [0.3, 0.4) is 0 Å². The first-order valence-corrected chi connectivity index (χ1v) is 5.76. The molecule has 0 amide bonds. The maximum absolute atomic E-state index is 9.60. The normalized spacial score (nSPS) is 11.0. The first kappa shape index (κ1) is 11.3. The van der Waals surface area contributed by atoms with E-state index in [0.29, 0.717) is 26.8 Å². The highest BCUT2D eigenvalue weighted by atomic mass is 35.5. The van der Waals surface area contributed by atoms with Gasteiger partial charge in [0.05, 0.1) is 16.2 Å². The van der Waals surface area contributed by atoms with Gasteiger partial charge in [-0.3, -0.25) is 0 Å². The third kappa shape index (κ3) is 1.60. The van der Waals surface area contributed by atoms with Gasteiger partial charge in [-0.15, -0.1) is 0 Å². The highest BCUT2D eigenvalue weighted by molar-refractivity contribution is 6.37. The van der Waals surface area contributed by atoms with Gasteiger partial charge in [0.15, 0.2) is 5.65 Å². The summed E-state index contributed by atoms with van der Waals surface area (Å²) in [5, 5.41) is 15.1. The van der Waals surface area contributed by atoms with Crippen LogP contribution >= 0.6 is 23.2 Å². The van der Waals surface area contributed by atoms with Gasteiger partial charge in [-0.05, 0) is 12.1 Å². The average Bonchev–Trinajstić information content (AvgIpc) is 2.75. The monoisotopic (exact) mass is 280 g/mol. The third-order valence-corrected chi connectivity index (χ3v) is 3.10. The van der Waals surface area contributed by atoms with Gasteiger partial charge in [0.2, 0.25) is 5.88 Å². The van der Waals surface area contributed by atoms with Crippen LogP contribution in [0, 0.1) is 0 Å². The van der Waals surface area contributed by atoms with Crippen molar-refractivity contribution < 1.29 is 5.11 Å². The number of fused-ring (bicyclic) bond motifs is 1. The maximum Gasteiger partial charge on any atom is 0.225 e. The SMILES string of the molecule is Oc1ncnc2c1cnn2-c1c(Cl)cccc1Cl. The van der Waals surface area contributed by atoms with Crippen molar-refractivity contribution in [2.75, 3.05) is 0 Å². The molecule has 0 atom stereocenters. The first-order chi connectivity index (χ1) is 8.68. The highest BCUT2D eigenvalue weighted by Crippen LogP contribution is 2.31. The van der Waals surface area contributed by atoms with Gasteiger partial charge in [0.1, 0.15) is 17.4 Å². The van der Waals surface area contributed by atoms with E-state index in [1.165, 1.54) is 17.2 Å². The van der Waals surface area contributed by atoms with E-state index in [9.17, 15) is 5.11 Å². The molecule has 0 radical (unpaired) electrons. The van der Waals surface area contributed by atoms with E-state index >= 15 is 0 Å². The fourth-order valence-corrected chi connectivity index (χ4v) is 2.24. The largest absolute Gasteiger partial charge is 0.493 e. The van der Waals surface area contributed by atoms with Gasteiger partial charge in [0, 0.05) is 0 Å². The van der Waals surface area contributed by atoms with Crippen molar-refractivity contribution in [2.45, 2.75) is 0 Å². The summed E-state index contributed by atoms with van der Waals surface area (Å²) in [6.07, 6.45) is 2.71. The third-order valence-electron chi connectivity index (χ3n) is 2.49. The van der Waals surface area contributed by atoms with E-state index < -0.39 is 0 Å². The number of aromatic hydroxyl groups is 1. The maximum atomic E-state index is 9.60. The van der Waals surface area contributed by atoms with Gasteiger partial charge in [-0.1, -0.05) is 29.3 Å². The van der Waals surface area contributed by atoms with Gasteiger partial charge in [0.25, 0.3) is 0 Å². The molecular formula is C11H6Cl2N4O. The van der Waals surface area contributed by atoms with Gasteiger partial charge >= 0.3 is 0 Å². The molecule has 1 aromatic carbocycles. The second-order valence-electron chi connectivity index (χ2n) is 3.56. The lowest BCUT2D eigenvalue weighted by molar-refractivity contribution is 0.459. The van der Waals surface area contributed by atoms with Crippen molar-refractivity contribution >= 4 is 34.2 Å². The van der Waals surface area contributed by atoms with Crippen LogP contribution in [0.25, 0.3) is 16.7 Å². The number of benzene rings is 1. The Kier molecular flexibility index (Phi) is 2.57. The Morgan fingerprint density at radius 1 is 1.11 bits per heavy atom. The number of hydrogen-bond donors (Lipinski definition) is 1. The Bertz CT molecular complexity index is 721. The Balaban J connectivity index is 2.36. The van der Waals surface area contributed by atoms with Crippen molar-refractivity contribution in [2.24, 2.45) is 0 Å². The van der Waals surface area contributed by atoms with Crippen molar-refractivity contribution in [3.63, 3.8) is 0 Å². The molecule has 0 saturated heterocycles. The molecule has 7 heteroatoms. The minimum Gasteiger partial charge on any atom is -0.493 e. The molecule has 0 spiro atoms. The zero-order chi connectivity index (χ0) is 12.7. The molecule has 90 valence electrons. The molecule has 18 heavy (non-hydrogen) atoms. The number of halogens is 2. The number of aromatic nitrogens is 4. The van der Waals surface area contributed by atoms with Crippen LogP contribution in [0.1, 0.15) is 0 Å². The van der Waals surface area contributed by atoms with Crippen LogP contribution < -0.4 is 0 Å². The van der Waals surface area contributed by atoms with E-state index in [-0.39, 0.29) is 5.88 Å². The quantitative estimate of drug-likeness (QED) is 0.745. The molecule has 3 rings (SSSR count). The molecule has 3 aromatic rings.